The summed E-state index contributed by atoms with van der Waals surface area (Å²) in [6.45, 7) is 0.489. The van der Waals surface area contributed by atoms with Crippen molar-refractivity contribution in [3.05, 3.63) is 57.8 Å². The summed E-state index contributed by atoms with van der Waals surface area (Å²) in [4.78, 5) is 8.39. The zero-order valence-electron chi connectivity index (χ0n) is 12.7. The highest BCUT2D eigenvalue weighted by molar-refractivity contribution is 6.32. The molecule has 0 aliphatic carbocycles. The van der Waals surface area contributed by atoms with Gasteiger partial charge in [0, 0.05) is 11.9 Å². The van der Waals surface area contributed by atoms with E-state index < -0.39 is 0 Å². The number of methoxy groups -OCH3 is 1. The van der Waals surface area contributed by atoms with Gasteiger partial charge in [0.25, 0.3) is 0 Å². The van der Waals surface area contributed by atoms with Gasteiger partial charge in [0.1, 0.15) is 11.6 Å². The number of benzene rings is 2. The minimum Gasteiger partial charge on any atom is -0.495 e. The standard InChI is InChI=1S/C17H12Cl2N4O/c1-24-15-5-3-11(7-13(15)18)9-21-16-12-6-10(8-20)2-4-14(12)22-17(19)23-16/h2-7H,9H2,1H3,(H,21,22,23). The van der Waals surface area contributed by atoms with Gasteiger partial charge in [-0.2, -0.15) is 5.26 Å². The number of anilines is 1. The summed E-state index contributed by atoms with van der Waals surface area (Å²) in [7, 11) is 1.57. The first kappa shape index (κ1) is 16.3. The number of halogens is 2. The highest BCUT2D eigenvalue weighted by Gasteiger charge is 2.08. The quantitative estimate of drug-likeness (QED) is 0.698. The van der Waals surface area contributed by atoms with Crippen LogP contribution in [0.15, 0.2) is 36.4 Å². The maximum absolute atomic E-state index is 9.07. The Kier molecular flexibility index (Phi) is 4.70. The number of nitriles is 1. The van der Waals surface area contributed by atoms with Crippen molar-refractivity contribution in [1.82, 2.24) is 9.97 Å². The molecule has 2 aromatic carbocycles. The molecule has 0 radical (unpaired) electrons. The van der Waals surface area contributed by atoms with Gasteiger partial charge in [-0.05, 0) is 47.5 Å². The van der Waals surface area contributed by atoms with Crippen molar-refractivity contribution in [3.8, 4) is 11.8 Å². The fourth-order valence-electron chi connectivity index (χ4n) is 2.31. The lowest BCUT2D eigenvalue weighted by atomic mass is 10.1. The van der Waals surface area contributed by atoms with Crippen molar-refractivity contribution in [1.29, 1.82) is 5.26 Å². The Morgan fingerprint density at radius 1 is 1.17 bits per heavy atom. The Hall–Kier alpha value is -2.55. The third kappa shape index (κ3) is 3.35. The molecule has 0 saturated heterocycles. The van der Waals surface area contributed by atoms with Gasteiger partial charge in [-0.3, -0.25) is 0 Å². The molecular weight excluding hydrogens is 347 g/mol. The molecule has 5 nitrogen and oxygen atoms in total. The molecule has 0 bridgehead atoms. The Bertz CT molecular complexity index is 953. The van der Waals surface area contributed by atoms with Gasteiger partial charge in [-0.25, -0.2) is 9.97 Å². The number of fused-ring (bicyclic) bond motifs is 1. The van der Waals surface area contributed by atoms with E-state index in [1.807, 2.05) is 12.1 Å². The Balaban J connectivity index is 1.92. The molecule has 1 N–H and O–H groups in total. The molecule has 0 aliphatic rings. The van der Waals surface area contributed by atoms with Gasteiger partial charge >= 0.3 is 0 Å². The average molecular weight is 359 g/mol. The first-order chi connectivity index (χ1) is 11.6. The second-order valence-corrected chi connectivity index (χ2v) is 5.75. The van der Waals surface area contributed by atoms with Crippen LogP contribution in [0.1, 0.15) is 11.1 Å². The number of ether oxygens (including phenoxy) is 1. The summed E-state index contributed by atoms with van der Waals surface area (Å²) in [5.41, 5.74) is 2.16. The fraction of sp³-hybridized carbons (Fsp3) is 0.118. The molecule has 0 unspecified atom stereocenters. The van der Waals surface area contributed by atoms with E-state index >= 15 is 0 Å². The van der Waals surface area contributed by atoms with Crippen LogP contribution in [-0.2, 0) is 6.54 Å². The maximum atomic E-state index is 9.07. The number of nitrogens with one attached hydrogen (secondary N) is 1. The maximum Gasteiger partial charge on any atom is 0.224 e. The molecule has 0 spiro atoms. The highest BCUT2D eigenvalue weighted by atomic mass is 35.5. The third-order valence-electron chi connectivity index (χ3n) is 3.47. The molecule has 7 heteroatoms. The number of hydrogen-bond donors (Lipinski definition) is 1. The van der Waals surface area contributed by atoms with Crippen LogP contribution in [0.5, 0.6) is 5.75 Å². The molecule has 3 aromatic rings. The van der Waals surface area contributed by atoms with Crippen molar-refractivity contribution < 1.29 is 4.74 Å². The van der Waals surface area contributed by atoms with Crippen LogP contribution in [-0.4, -0.2) is 17.1 Å². The summed E-state index contributed by atoms with van der Waals surface area (Å²) in [6, 6.07) is 12.8. The normalized spacial score (nSPS) is 10.4. The fourth-order valence-corrected chi connectivity index (χ4v) is 2.77. The number of nitrogens with zero attached hydrogens (tertiary/aromatic N) is 3. The Morgan fingerprint density at radius 2 is 2.00 bits per heavy atom. The zero-order chi connectivity index (χ0) is 17.1. The van der Waals surface area contributed by atoms with E-state index in [1.165, 1.54) is 0 Å². The van der Waals surface area contributed by atoms with Gasteiger partial charge < -0.3 is 10.1 Å². The largest absolute Gasteiger partial charge is 0.495 e. The van der Waals surface area contributed by atoms with E-state index in [9.17, 15) is 0 Å². The number of rotatable bonds is 4. The molecule has 0 amide bonds. The van der Waals surface area contributed by atoms with Crippen LogP contribution in [0.3, 0.4) is 0 Å². The van der Waals surface area contributed by atoms with Crippen molar-refractivity contribution in [2.24, 2.45) is 0 Å². The Labute approximate surface area is 148 Å². The molecule has 0 saturated carbocycles. The van der Waals surface area contributed by atoms with Crippen LogP contribution in [0, 0.1) is 11.3 Å². The van der Waals surface area contributed by atoms with E-state index in [0.29, 0.717) is 34.2 Å². The molecule has 1 aromatic heterocycles. The van der Waals surface area contributed by atoms with Crippen LogP contribution < -0.4 is 10.1 Å². The van der Waals surface area contributed by atoms with E-state index in [0.717, 1.165) is 10.9 Å². The first-order valence-corrected chi connectivity index (χ1v) is 7.80. The average Bonchev–Trinajstić information content (AvgIpc) is 2.59. The van der Waals surface area contributed by atoms with Gasteiger partial charge in [0.15, 0.2) is 0 Å². The lowest BCUT2D eigenvalue weighted by Gasteiger charge is -2.10. The van der Waals surface area contributed by atoms with Crippen molar-refractivity contribution >= 4 is 39.9 Å². The second-order valence-electron chi connectivity index (χ2n) is 5.01. The monoisotopic (exact) mass is 358 g/mol. The third-order valence-corrected chi connectivity index (χ3v) is 3.94. The van der Waals surface area contributed by atoms with E-state index in [-0.39, 0.29) is 5.28 Å². The minimum atomic E-state index is 0.141. The Morgan fingerprint density at radius 3 is 2.71 bits per heavy atom. The SMILES string of the molecule is COc1ccc(CNc2nc(Cl)nc3ccc(C#N)cc23)cc1Cl. The lowest BCUT2D eigenvalue weighted by molar-refractivity contribution is 0.415. The molecule has 0 aliphatic heterocycles. The van der Waals surface area contributed by atoms with Crippen LogP contribution >= 0.6 is 23.2 Å². The second kappa shape index (κ2) is 6.91. The van der Waals surface area contributed by atoms with Gasteiger partial charge in [0.2, 0.25) is 5.28 Å². The van der Waals surface area contributed by atoms with Crippen molar-refractivity contribution in [2.45, 2.75) is 6.54 Å². The molecule has 0 atom stereocenters. The smallest absolute Gasteiger partial charge is 0.224 e. The topological polar surface area (TPSA) is 70.8 Å². The number of hydrogen-bond acceptors (Lipinski definition) is 5. The van der Waals surface area contributed by atoms with Crippen LogP contribution in [0.25, 0.3) is 10.9 Å². The van der Waals surface area contributed by atoms with Crippen LogP contribution in [0.2, 0.25) is 10.3 Å². The predicted octanol–water partition coefficient (Wildman–Crippen LogP) is 4.43. The first-order valence-electron chi connectivity index (χ1n) is 7.04. The van der Waals surface area contributed by atoms with Gasteiger partial charge in [-0.1, -0.05) is 17.7 Å². The highest BCUT2D eigenvalue weighted by Crippen LogP contribution is 2.27. The summed E-state index contributed by atoms with van der Waals surface area (Å²) in [6.07, 6.45) is 0. The zero-order valence-corrected chi connectivity index (χ0v) is 14.2. The molecule has 1 heterocycles. The van der Waals surface area contributed by atoms with E-state index in [4.69, 9.17) is 33.2 Å². The van der Waals surface area contributed by atoms with Gasteiger partial charge in [-0.15, -0.1) is 0 Å². The molecule has 120 valence electrons. The molecule has 0 fully saturated rings. The minimum absolute atomic E-state index is 0.141. The summed E-state index contributed by atoms with van der Waals surface area (Å²) < 4.78 is 5.14. The molecule has 24 heavy (non-hydrogen) atoms. The number of aromatic nitrogens is 2. The van der Waals surface area contributed by atoms with Gasteiger partial charge in [0.05, 0.1) is 29.3 Å². The lowest BCUT2D eigenvalue weighted by Crippen LogP contribution is -2.03. The van der Waals surface area contributed by atoms with Crippen molar-refractivity contribution in [3.63, 3.8) is 0 Å². The van der Waals surface area contributed by atoms with Crippen molar-refractivity contribution in [2.75, 3.05) is 12.4 Å². The predicted molar refractivity (Wildman–Crippen MR) is 94.6 cm³/mol. The summed E-state index contributed by atoms with van der Waals surface area (Å²) >= 11 is 12.1. The van der Waals surface area contributed by atoms with E-state index in [2.05, 4.69) is 21.4 Å². The van der Waals surface area contributed by atoms with Crippen LogP contribution in [0.4, 0.5) is 5.82 Å². The molecule has 3 rings (SSSR count). The van der Waals surface area contributed by atoms with E-state index in [1.54, 1.807) is 31.4 Å². The molecular formula is C17H12Cl2N4O. The summed E-state index contributed by atoms with van der Waals surface area (Å²) in [5, 5.41) is 13.7. The summed E-state index contributed by atoms with van der Waals surface area (Å²) in [5.74, 6) is 1.18.